The van der Waals surface area contributed by atoms with Crippen molar-refractivity contribution in [1.29, 1.82) is 0 Å². The molecule has 0 aliphatic carbocycles. The number of aryl methyl sites for hydroxylation is 1. The van der Waals surface area contributed by atoms with Crippen molar-refractivity contribution in [3.63, 3.8) is 0 Å². The molecule has 0 unspecified atom stereocenters. The average Bonchev–Trinajstić information content (AvgIpc) is 2.69. The van der Waals surface area contributed by atoms with Crippen LogP contribution in [0.3, 0.4) is 0 Å². The summed E-state index contributed by atoms with van der Waals surface area (Å²) in [6.45, 7) is 6.67. The van der Waals surface area contributed by atoms with E-state index in [0.717, 1.165) is 25.1 Å². The van der Waals surface area contributed by atoms with E-state index in [1.54, 1.807) is 23.8 Å². The lowest BCUT2D eigenvalue weighted by Gasteiger charge is -2.14. The van der Waals surface area contributed by atoms with Gasteiger partial charge < -0.3 is 24.7 Å². The number of aliphatic imine (C=N–C) groups is 1. The van der Waals surface area contributed by atoms with Gasteiger partial charge in [-0.25, -0.2) is 0 Å². The summed E-state index contributed by atoms with van der Waals surface area (Å²) in [5.41, 5.74) is 0.908. The van der Waals surface area contributed by atoms with E-state index < -0.39 is 0 Å². The molecule has 0 atom stereocenters. The fraction of sp³-hybridized carbons (Fsp3) is 0.429. The van der Waals surface area contributed by atoms with Crippen molar-refractivity contribution < 1.29 is 9.47 Å². The Kier molecular flexibility index (Phi) is 8.91. The molecule has 2 N–H and O–H groups in total. The molecule has 1 aromatic carbocycles. The van der Waals surface area contributed by atoms with Crippen molar-refractivity contribution in [2.24, 2.45) is 4.99 Å². The van der Waals surface area contributed by atoms with Gasteiger partial charge in [0.05, 0.1) is 13.7 Å². The highest BCUT2D eigenvalue weighted by Gasteiger charge is 2.07. The van der Waals surface area contributed by atoms with Gasteiger partial charge >= 0.3 is 0 Å². The zero-order valence-corrected chi connectivity index (χ0v) is 16.9. The molecule has 0 spiro atoms. The number of benzene rings is 1. The Morgan fingerprint density at radius 2 is 2.00 bits per heavy atom. The average molecular weight is 386 g/mol. The molecule has 0 amide bonds. The monoisotopic (exact) mass is 386 g/mol. The van der Waals surface area contributed by atoms with Crippen LogP contribution >= 0.6 is 0 Å². The second kappa shape index (κ2) is 11.7. The van der Waals surface area contributed by atoms with Crippen LogP contribution in [0, 0.1) is 0 Å². The van der Waals surface area contributed by atoms with Gasteiger partial charge in [-0.05, 0) is 44.9 Å². The third-order valence-electron chi connectivity index (χ3n) is 4.05. The maximum Gasteiger partial charge on any atom is 0.250 e. The minimum Gasteiger partial charge on any atom is -0.493 e. The second-order valence-electron chi connectivity index (χ2n) is 6.12. The topological polar surface area (TPSA) is 76.9 Å². The van der Waals surface area contributed by atoms with Gasteiger partial charge in [0, 0.05) is 43.7 Å². The summed E-state index contributed by atoms with van der Waals surface area (Å²) in [6.07, 6.45) is 3.60. The Balaban J connectivity index is 1.92. The minimum absolute atomic E-state index is 0.0330. The second-order valence-corrected chi connectivity index (χ2v) is 6.12. The van der Waals surface area contributed by atoms with E-state index in [1.807, 2.05) is 44.3 Å². The molecule has 0 radical (unpaired) electrons. The van der Waals surface area contributed by atoms with Crippen LogP contribution in [0.15, 0.2) is 52.4 Å². The quantitative estimate of drug-likeness (QED) is 0.373. The molecule has 0 fully saturated rings. The third kappa shape index (κ3) is 6.64. The van der Waals surface area contributed by atoms with Crippen molar-refractivity contribution >= 4 is 11.6 Å². The van der Waals surface area contributed by atoms with E-state index in [0.29, 0.717) is 37.2 Å². The number of anilines is 1. The number of ether oxygens (including phenoxy) is 2. The van der Waals surface area contributed by atoms with Crippen molar-refractivity contribution in [3.05, 3.63) is 52.9 Å². The van der Waals surface area contributed by atoms with Crippen LogP contribution in [0.2, 0.25) is 0 Å². The maximum atomic E-state index is 11.7. The van der Waals surface area contributed by atoms with E-state index >= 15 is 0 Å². The Morgan fingerprint density at radius 1 is 1.14 bits per heavy atom. The number of guanidine groups is 1. The molecule has 2 aromatic rings. The molecular weight excluding hydrogens is 356 g/mol. The van der Waals surface area contributed by atoms with Gasteiger partial charge in [-0.3, -0.25) is 9.79 Å². The molecule has 152 valence electrons. The molecule has 28 heavy (non-hydrogen) atoms. The van der Waals surface area contributed by atoms with Crippen LogP contribution in [0.25, 0.3) is 0 Å². The van der Waals surface area contributed by atoms with Crippen molar-refractivity contribution in [3.8, 4) is 11.5 Å². The van der Waals surface area contributed by atoms with Crippen LogP contribution in [-0.4, -0.2) is 37.3 Å². The van der Waals surface area contributed by atoms with Crippen molar-refractivity contribution in [2.45, 2.75) is 33.2 Å². The number of methoxy groups -OCH3 is 1. The highest BCUT2D eigenvalue weighted by Crippen LogP contribution is 2.30. The summed E-state index contributed by atoms with van der Waals surface area (Å²) in [5.74, 6) is 2.11. The summed E-state index contributed by atoms with van der Waals surface area (Å²) < 4.78 is 12.7. The van der Waals surface area contributed by atoms with Gasteiger partial charge in [0.15, 0.2) is 17.5 Å². The standard InChI is InChI=1S/C21H30N4O3/c1-4-22-21(23-13-7-9-15-25-14-8-6-10-20(25)26)24-17-11-12-18(27-3)19(16-17)28-5-2/h6,8,10-12,14,16H,4-5,7,9,13,15H2,1-3H3,(H2,22,23,24). The third-order valence-corrected chi connectivity index (χ3v) is 4.05. The molecule has 1 aromatic heterocycles. The van der Waals surface area contributed by atoms with Crippen LogP contribution < -0.4 is 25.7 Å². The molecule has 2 rings (SSSR count). The molecule has 7 nitrogen and oxygen atoms in total. The first kappa shape index (κ1) is 21.3. The van der Waals surface area contributed by atoms with Crippen molar-refractivity contribution in [2.75, 3.05) is 32.1 Å². The van der Waals surface area contributed by atoms with E-state index in [2.05, 4.69) is 15.6 Å². The lowest BCUT2D eigenvalue weighted by molar-refractivity contribution is 0.311. The number of hydrogen-bond acceptors (Lipinski definition) is 4. The fourth-order valence-corrected chi connectivity index (χ4v) is 2.70. The predicted octanol–water partition coefficient (Wildman–Crippen LogP) is 3.11. The summed E-state index contributed by atoms with van der Waals surface area (Å²) in [7, 11) is 1.63. The molecule has 0 saturated carbocycles. The van der Waals surface area contributed by atoms with Gasteiger partial charge in [-0.1, -0.05) is 6.07 Å². The first-order chi connectivity index (χ1) is 13.7. The lowest BCUT2D eigenvalue weighted by atomic mass is 10.2. The van der Waals surface area contributed by atoms with Gasteiger partial charge in [0.1, 0.15) is 0 Å². The predicted molar refractivity (Wildman–Crippen MR) is 114 cm³/mol. The van der Waals surface area contributed by atoms with E-state index in [9.17, 15) is 4.79 Å². The maximum absolute atomic E-state index is 11.7. The molecule has 0 bridgehead atoms. The highest BCUT2D eigenvalue weighted by atomic mass is 16.5. The summed E-state index contributed by atoms with van der Waals surface area (Å²) in [6, 6.07) is 10.9. The molecule has 1 heterocycles. The Morgan fingerprint density at radius 3 is 2.71 bits per heavy atom. The molecular formula is C21H30N4O3. The van der Waals surface area contributed by atoms with E-state index in [4.69, 9.17) is 9.47 Å². The number of nitrogens with one attached hydrogen (secondary N) is 2. The lowest BCUT2D eigenvalue weighted by Crippen LogP contribution is -2.30. The van der Waals surface area contributed by atoms with Crippen molar-refractivity contribution in [1.82, 2.24) is 9.88 Å². The van der Waals surface area contributed by atoms with Gasteiger partial charge in [-0.2, -0.15) is 0 Å². The fourth-order valence-electron chi connectivity index (χ4n) is 2.70. The number of hydrogen-bond donors (Lipinski definition) is 2. The smallest absolute Gasteiger partial charge is 0.250 e. The van der Waals surface area contributed by atoms with Gasteiger partial charge in [-0.15, -0.1) is 0 Å². The molecule has 0 saturated heterocycles. The summed E-state index contributed by atoms with van der Waals surface area (Å²) in [5, 5.41) is 6.54. The largest absolute Gasteiger partial charge is 0.493 e. The number of unbranched alkanes of at least 4 members (excludes halogenated alkanes) is 1. The van der Waals surface area contributed by atoms with E-state index in [-0.39, 0.29) is 5.56 Å². The zero-order valence-electron chi connectivity index (χ0n) is 16.9. The molecule has 0 aliphatic rings. The number of nitrogens with zero attached hydrogens (tertiary/aromatic N) is 2. The Hall–Kier alpha value is -2.96. The van der Waals surface area contributed by atoms with Gasteiger partial charge in [0.2, 0.25) is 5.56 Å². The summed E-state index contributed by atoms with van der Waals surface area (Å²) in [4.78, 5) is 16.3. The van der Waals surface area contributed by atoms with E-state index in [1.165, 1.54) is 0 Å². The Labute approximate surface area is 166 Å². The highest BCUT2D eigenvalue weighted by molar-refractivity contribution is 5.93. The first-order valence-corrected chi connectivity index (χ1v) is 9.69. The number of aromatic nitrogens is 1. The molecule has 0 aliphatic heterocycles. The van der Waals surface area contributed by atoms with Crippen LogP contribution in [-0.2, 0) is 6.54 Å². The van der Waals surface area contributed by atoms with Crippen LogP contribution in [0.1, 0.15) is 26.7 Å². The minimum atomic E-state index is 0.0330. The SMILES string of the molecule is CCNC(=NCCCCn1ccccc1=O)Nc1ccc(OC)c(OCC)c1. The number of pyridine rings is 1. The Bertz CT molecular complexity index is 817. The summed E-state index contributed by atoms with van der Waals surface area (Å²) >= 11 is 0. The molecule has 7 heteroatoms. The van der Waals surface area contributed by atoms with Crippen LogP contribution in [0.4, 0.5) is 5.69 Å². The van der Waals surface area contributed by atoms with Gasteiger partial charge in [0.25, 0.3) is 0 Å². The first-order valence-electron chi connectivity index (χ1n) is 9.69. The number of rotatable bonds is 10. The van der Waals surface area contributed by atoms with Crippen LogP contribution in [0.5, 0.6) is 11.5 Å². The zero-order chi connectivity index (χ0) is 20.2. The normalized spacial score (nSPS) is 11.2.